The molecule has 3 unspecified atom stereocenters. The van der Waals surface area contributed by atoms with Gasteiger partial charge in [-0.3, -0.25) is 14.6 Å². The molecule has 3 saturated heterocycles. The number of pyridine rings is 1. The van der Waals surface area contributed by atoms with Crippen molar-refractivity contribution >= 4 is 17.8 Å². The van der Waals surface area contributed by atoms with Crippen LogP contribution in [-0.2, 0) is 19.1 Å². The van der Waals surface area contributed by atoms with E-state index in [0.29, 0.717) is 19.4 Å². The maximum Gasteiger partial charge on any atom is 0.223 e. The van der Waals surface area contributed by atoms with Gasteiger partial charge in [0, 0.05) is 18.5 Å². The molecule has 3 aliphatic rings. The summed E-state index contributed by atoms with van der Waals surface area (Å²) in [6.07, 6.45) is 4.89. The van der Waals surface area contributed by atoms with Crippen molar-refractivity contribution in [1.29, 1.82) is 0 Å². The van der Waals surface area contributed by atoms with E-state index >= 15 is 0 Å². The van der Waals surface area contributed by atoms with Crippen molar-refractivity contribution in [2.45, 2.75) is 109 Å². The van der Waals surface area contributed by atoms with Crippen molar-refractivity contribution in [1.82, 2.24) is 10.3 Å². The lowest BCUT2D eigenvalue weighted by Gasteiger charge is -2.36. The molecule has 1 amide bonds. The Kier molecular flexibility index (Phi) is 8.77. The quantitative estimate of drug-likeness (QED) is 0.511. The van der Waals surface area contributed by atoms with Gasteiger partial charge in [0.15, 0.2) is 0 Å². The molecule has 38 heavy (non-hydrogen) atoms. The molecule has 3 N–H and O–H groups in total. The van der Waals surface area contributed by atoms with E-state index in [1.54, 1.807) is 20.0 Å². The Morgan fingerprint density at radius 3 is 2.63 bits per heavy atom. The van der Waals surface area contributed by atoms with Gasteiger partial charge in [0.1, 0.15) is 5.78 Å². The second kappa shape index (κ2) is 11.5. The Morgan fingerprint density at radius 2 is 1.97 bits per heavy atom. The second-order valence-electron chi connectivity index (χ2n) is 12.4. The SMILES string of the molecule is CC(=Cc1ccccn1)[C@@H]1CC2OC2(C)CCC[C@H](C)[C@@H](O)[C@@H](CC2CO2)C(=O)C(C)(C)[C@@H](O)CC(=O)N1. The molecule has 3 aliphatic heterocycles. The zero-order valence-corrected chi connectivity index (χ0v) is 23.4. The fourth-order valence-electron chi connectivity index (χ4n) is 5.73. The van der Waals surface area contributed by atoms with E-state index in [1.807, 2.05) is 38.1 Å². The summed E-state index contributed by atoms with van der Waals surface area (Å²) in [5, 5.41) is 25.5. The van der Waals surface area contributed by atoms with E-state index in [-0.39, 0.29) is 47.9 Å². The summed E-state index contributed by atoms with van der Waals surface area (Å²) >= 11 is 0. The maximum absolute atomic E-state index is 13.7. The number of nitrogens with zero attached hydrogens (tertiary/aromatic N) is 1. The van der Waals surface area contributed by atoms with E-state index < -0.39 is 23.5 Å². The van der Waals surface area contributed by atoms with Crippen LogP contribution in [0.5, 0.6) is 0 Å². The molecule has 1 aromatic rings. The van der Waals surface area contributed by atoms with E-state index in [0.717, 1.165) is 30.5 Å². The predicted octanol–water partition coefficient (Wildman–Crippen LogP) is 3.45. The van der Waals surface area contributed by atoms with Gasteiger partial charge in [-0.15, -0.1) is 0 Å². The number of hydrogen-bond acceptors (Lipinski definition) is 7. The zero-order chi connectivity index (χ0) is 27.7. The Balaban J connectivity index is 1.58. The summed E-state index contributed by atoms with van der Waals surface area (Å²) in [5.74, 6) is -1.30. The summed E-state index contributed by atoms with van der Waals surface area (Å²) in [5.41, 5.74) is 0.258. The minimum atomic E-state index is -1.21. The smallest absolute Gasteiger partial charge is 0.223 e. The molecule has 0 spiro atoms. The van der Waals surface area contributed by atoms with Crippen molar-refractivity contribution in [2.75, 3.05) is 6.61 Å². The molecule has 0 radical (unpaired) electrons. The van der Waals surface area contributed by atoms with Gasteiger partial charge in [-0.2, -0.15) is 0 Å². The first-order chi connectivity index (χ1) is 17.9. The molecular weight excluding hydrogens is 484 g/mol. The van der Waals surface area contributed by atoms with Crippen LogP contribution < -0.4 is 5.32 Å². The van der Waals surface area contributed by atoms with Crippen molar-refractivity contribution < 1.29 is 29.3 Å². The second-order valence-corrected chi connectivity index (χ2v) is 12.4. The van der Waals surface area contributed by atoms with Gasteiger partial charge in [-0.1, -0.05) is 33.3 Å². The van der Waals surface area contributed by atoms with Gasteiger partial charge in [0.2, 0.25) is 5.91 Å². The molecule has 0 aromatic carbocycles. The molecule has 8 nitrogen and oxygen atoms in total. The first-order valence-corrected chi connectivity index (χ1v) is 14.0. The number of ketones is 1. The third-order valence-corrected chi connectivity index (χ3v) is 8.86. The highest BCUT2D eigenvalue weighted by Crippen LogP contribution is 2.44. The summed E-state index contributed by atoms with van der Waals surface area (Å²) < 4.78 is 11.5. The largest absolute Gasteiger partial charge is 0.392 e. The molecule has 0 saturated carbocycles. The number of nitrogens with one attached hydrogen (secondary N) is 1. The number of carbonyl (C=O) groups is 2. The lowest BCUT2D eigenvalue weighted by molar-refractivity contribution is -0.144. The third-order valence-electron chi connectivity index (χ3n) is 8.86. The van der Waals surface area contributed by atoms with Gasteiger partial charge in [0.25, 0.3) is 0 Å². The molecule has 3 fully saturated rings. The highest BCUT2D eigenvalue weighted by Gasteiger charge is 2.52. The van der Waals surface area contributed by atoms with Crippen molar-refractivity contribution in [2.24, 2.45) is 17.3 Å². The van der Waals surface area contributed by atoms with Crippen LogP contribution in [0.2, 0.25) is 0 Å². The van der Waals surface area contributed by atoms with Crippen molar-refractivity contribution in [3.63, 3.8) is 0 Å². The van der Waals surface area contributed by atoms with Crippen molar-refractivity contribution in [3.8, 4) is 0 Å². The fraction of sp³-hybridized carbons (Fsp3) is 0.700. The van der Waals surface area contributed by atoms with Crippen LogP contribution in [-0.4, -0.2) is 69.6 Å². The Morgan fingerprint density at radius 1 is 1.24 bits per heavy atom. The van der Waals surface area contributed by atoms with Gasteiger partial charge in [-0.05, 0) is 62.8 Å². The molecule has 1 aromatic heterocycles. The number of hydrogen-bond donors (Lipinski definition) is 3. The predicted molar refractivity (Wildman–Crippen MR) is 144 cm³/mol. The van der Waals surface area contributed by atoms with E-state index in [4.69, 9.17) is 9.47 Å². The average Bonchev–Trinajstić information content (AvgIpc) is 3.79. The average molecular weight is 529 g/mol. The first-order valence-electron chi connectivity index (χ1n) is 14.0. The van der Waals surface area contributed by atoms with Crippen LogP contribution in [0.4, 0.5) is 0 Å². The van der Waals surface area contributed by atoms with Crippen LogP contribution in [0, 0.1) is 17.3 Å². The fourth-order valence-corrected chi connectivity index (χ4v) is 5.73. The molecule has 0 bridgehead atoms. The summed E-state index contributed by atoms with van der Waals surface area (Å²) in [6, 6.07) is 5.39. The normalized spacial score (nSPS) is 38.7. The number of Topliss-reactive ketones (excluding diaryl/α,β-unsaturated/α-hetero) is 1. The number of fused-ring (bicyclic) bond motifs is 1. The lowest BCUT2D eigenvalue weighted by atomic mass is 9.71. The van der Waals surface area contributed by atoms with E-state index in [2.05, 4.69) is 17.2 Å². The molecule has 4 heterocycles. The molecule has 8 heteroatoms. The van der Waals surface area contributed by atoms with Crippen LogP contribution in [0.15, 0.2) is 30.0 Å². The number of aromatic nitrogens is 1. The zero-order valence-electron chi connectivity index (χ0n) is 23.4. The monoisotopic (exact) mass is 528 g/mol. The van der Waals surface area contributed by atoms with Crippen LogP contribution in [0.25, 0.3) is 6.08 Å². The Bertz CT molecular complexity index is 1020. The molecule has 0 aliphatic carbocycles. The number of aliphatic hydroxyl groups excluding tert-OH is 2. The highest BCUT2D eigenvalue weighted by atomic mass is 16.6. The summed E-state index contributed by atoms with van der Waals surface area (Å²) in [4.78, 5) is 31.3. The summed E-state index contributed by atoms with van der Waals surface area (Å²) in [7, 11) is 0. The third kappa shape index (κ3) is 6.89. The molecule has 4 rings (SSSR count). The Labute approximate surface area is 226 Å². The minimum Gasteiger partial charge on any atom is -0.392 e. The lowest BCUT2D eigenvalue weighted by Crippen LogP contribution is -2.48. The topological polar surface area (TPSA) is 125 Å². The number of ether oxygens (including phenoxy) is 2. The van der Waals surface area contributed by atoms with Crippen molar-refractivity contribution in [3.05, 3.63) is 35.7 Å². The standard InChI is InChI=1S/C30H44N2O6/c1-18-9-8-11-30(5)25(38-30)15-23(19(2)13-20-10-6-7-12-31-20)32-26(34)16-24(33)29(3,4)28(36)22(27(18)35)14-21-17-37-21/h6-7,10,12-13,18,21-25,27,33,35H,8-9,11,14-17H2,1-5H3,(H,32,34)/t18-,21?,22+,23-,24-,25?,27+,30?/m0/s1. The molecule has 8 atom stereocenters. The van der Waals surface area contributed by atoms with Crippen LogP contribution in [0.3, 0.4) is 0 Å². The van der Waals surface area contributed by atoms with Gasteiger partial charge >= 0.3 is 0 Å². The van der Waals surface area contributed by atoms with Crippen LogP contribution >= 0.6 is 0 Å². The van der Waals surface area contributed by atoms with Gasteiger partial charge in [-0.25, -0.2) is 0 Å². The highest BCUT2D eigenvalue weighted by molar-refractivity contribution is 5.88. The number of rotatable bonds is 4. The number of epoxide rings is 2. The number of aliphatic hydroxyl groups is 2. The van der Waals surface area contributed by atoms with Gasteiger partial charge in [0.05, 0.1) is 60.2 Å². The van der Waals surface area contributed by atoms with E-state index in [9.17, 15) is 19.8 Å². The molecular formula is C30H44N2O6. The first kappa shape index (κ1) is 28.9. The minimum absolute atomic E-state index is 0.00396. The number of amides is 1. The Hall–Kier alpha value is -2.13. The summed E-state index contributed by atoms with van der Waals surface area (Å²) in [6.45, 7) is 9.97. The van der Waals surface area contributed by atoms with Gasteiger partial charge < -0.3 is 25.0 Å². The molecule has 210 valence electrons. The maximum atomic E-state index is 13.7. The van der Waals surface area contributed by atoms with E-state index in [1.165, 1.54) is 0 Å². The number of carbonyl (C=O) groups excluding carboxylic acids is 2. The van der Waals surface area contributed by atoms with Crippen LogP contribution in [0.1, 0.15) is 78.8 Å².